The SMILES string of the molecule is Cc1ccc(S(=O)(=O)N[C@@H](CCN)CNCc2ccccc2)c2ccccc12. The van der Waals surface area contributed by atoms with Crippen LogP contribution in [0.4, 0.5) is 0 Å². The highest BCUT2D eigenvalue weighted by Crippen LogP contribution is 2.26. The first-order valence-electron chi connectivity index (χ1n) is 9.46. The quantitative estimate of drug-likeness (QED) is 0.518. The summed E-state index contributed by atoms with van der Waals surface area (Å²) in [6.07, 6.45) is 0.560. The molecule has 3 rings (SSSR count). The van der Waals surface area contributed by atoms with Gasteiger partial charge < -0.3 is 11.1 Å². The van der Waals surface area contributed by atoms with Crippen molar-refractivity contribution in [1.82, 2.24) is 10.0 Å². The summed E-state index contributed by atoms with van der Waals surface area (Å²) >= 11 is 0. The molecule has 3 aromatic rings. The van der Waals surface area contributed by atoms with Gasteiger partial charge in [0.05, 0.1) is 4.90 Å². The predicted octanol–water partition coefficient (Wildman–Crippen LogP) is 2.93. The van der Waals surface area contributed by atoms with E-state index in [0.29, 0.717) is 31.0 Å². The van der Waals surface area contributed by atoms with Gasteiger partial charge in [-0.2, -0.15) is 0 Å². The average Bonchev–Trinajstić information content (AvgIpc) is 2.69. The lowest BCUT2D eigenvalue weighted by Gasteiger charge is -2.20. The lowest BCUT2D eigenvalue weighted by Crippen LogP contribution is -2.43. The Morgan fingerprint density at radius 3 is 2.32 bits per heavy atom. The topological polar surface area (TPSA) is 84.2 Å². The number of hydrogen-bond acceptors (Lipinski definition) is 4. The second-order valence-corrected chi connectivity index (χ2v) is 8.62. The molecular formula is C22H27N3O2S. The Bertz CT molecular complexity index is 1020. The first-order valence-corrected chi connectivity index (χ1v) is 10.9. The molecule has 4 N–H and O–H groups in total. The third kappa shape index (κ3) is 4.97. The fourth-order valence-electron chi connectivity index (χ4n) is 3.33. The lowest BCUT2D eigenvalue weighted by atomic mass is 10.1. The maximum Gasteiger partial charge on any atom is 0.241 e. The van der Waals surface area contributed by atoms with Gasteiger partial charge in [-0.05, 0) is 42.5 Å². The largest absolute Gasteiger partial charge is 0.330 e. The van der Waals surface area contributed by atoms with E-state index in [1.165, 1.54) is 0 Å². The predicted molar refractivity (Wildman–Crippen MR) is 115 cm³/mol. The van der Waals surface area contributed by atoms with Crippen molar-refractivity contribution >= 4 is 20.8 Å². The molecule has 0 bridgehead atoms. The molecule has 0 aliphatic heterocycles. The zero-order valence-electron chi connectivity index (χ0n) is 16.1. The zero-order valence-corrected chi connectivity index (χ0v) is 16.9. The number of rotatable bonds is 9. The molecule has 1 atom stereocenters. The summed E-state index contributed by atoms with van der Waals surface area (Å²) in [6, 6.07) is 20.8. The summed E-state index contributed by atoms with van der Waals surface area (Å²) < 4.78 is 29.0. The molecule has 0 heterocycles. The molecule has 0 unspecified atom stereocenters. The number of benzene rings is 3. The minimum absolute atomic E-state index is 0.279. The maximum atomic E-state index is 13.1. The first-order chi connectivity index (χ1) is 13.5. The molecule has 0 spiro atoms. The zero-order chi connectivity index (χ0) is 20.0. The number of fused-ring (bicyclic) bond motifs is 1. The summed E-state index contributed by atoms with van der Waals surface area (Å²) in [5.41, 5.74) is 7.92. The molecular weight excluding hydrogens is 370 g/mol. The monoisotopic (exact) mass is 397 g/mol. The van der Waals surface area contributed by atoms with Crippen molar-refractivity contribution < 1.29 is 8.42 Å². The van der Waals surface area contributed by atoms with Crippen molar-refractivity contribution in [3.63, 3.8) is 0 Å². The Labute approximate surface area is 167 Å². The third-order valence-electron chi connectivity index (χ3n) is 4.79. The highest BCUT2D eigenvalue weighted by molar-refractivity contribution is 7.89. The second-order valence-electron chi connectivity index (χ2n) is 6.94. The average molecular weight is 398 g/mol. The van der Waals surface area contributed by atoms with Crippen LogP contribution in [0.3, 0.4) is 0 Å². The van der Waals surface area contributed by atoms with Crippen molar-refractivity contribution in [1.29, 1.82) is 0 Å². The van der Waals surface area contributed by atoms with Crippen molar-refractivity contribution in [2.24, 2.45) is 5.73 Å². The van der Waals surface area contributed by atoms with Crippen LogP contribution in [-0.2, 0) is 16.6 Å². The number of nitrogens with one attached hydrogen (secondary N) is 2. The first kappa shape index (κ1) is 20.5. The minimum atomic E-state index is -3.67. The number of hydrogen-bond donors (Lipinski definition) is 3. The molecule has 0 amide bonds. The maximum absolute atomic E-state index is 13.1. The third-order valence-corrected chi connectivity index (χ3v) is 6.37. The van der Waals surface area contributed by atoms with Crippen LogP contribution in [0.1, 0.15) is 17.5 Å². The van der Waals surface area contributed by atoms with Crippen LogP contribution < -0.4 is 15.8 Å². The van der Waals surface area contributed by atoms with Gasteiger partial charge >= 0.3 is 0 Å². The molecule has 0 aliphatic rings. The van der Waals surface area contributed by atoms with E-state index in [4.69, 9.17) is 5.73 Å². The van der Waals surface area contributed by atoms with Crippen molar-refractivity contribution in [3.05, 3.63) is 77.9 Å². The number of sulfonamides is 1. The summed E-state index contributed by atoms with van der Waals surface area (Å²) in [5.74, 6) is 0. The Morgan fingerprint density at radius 1 is 0.929 bits per heavy atom. The summed E-state index contributed by atoms with van der Waals surface area (Å²) in [5, 5.41) is 5.01. The van der Waals surface area contributed by atoms with Gasteiger partial charge in [-0.25, -0.2) is 13.1 Å². The lowest BCUT2D eigenvalue weighted by molar-refractivity contribution is 0.497. The second kappa shape index (κ2) is 9.30. The van der Waals surface area contributed by atoms with Gasteiger partial charge in [-0.15, -0.1) is 0 Å². The van der Waals surface area contributed by atoms with Crippen LogP contribution in [0.25, 0.3) is 10.8 Å². The molecule has 0 saturated carbocycles. The van der Waals surface area contributed by atoms with E-state index in [-0.39, 0.29) is 6.04 Å². The van der Waals surface area contributed by atoms with Crippen molar-refractivity contribution in [3.8, 4) is 0 Å². The smallest absolute Gasteiger partial charge is 0.241 e. The molecule has 3 aromatic carbocycles. The van der Waals surface area contributed by atoms with Gasteiger partial charge in [-0.1, -0.05) is 60.7 Å². The van der Waals surface area contributed by atoms with Gasteiger partial charge in [0.2, 0.25) is 10.0 Å². The summed E-state index contributed by atoms with van der Waals surface area (Å²) in [4.78, 5) is 0.304. The van der Waals surface area contributed by atoms with E-state index in [1.54, 1.807) is 6.07 Å². The Kier molecular flexibility index (Phi) is 6.80. The van der Waals surface area contributed by atoms with Crippen LogP contribution in [0.5, 0.6) is 0 Å². The van der Waals surface area contributed by atoms with Crippen LogP contribution in [0.2, 0.25) is 0 Å². The summed E-state index contributed by atoms with van der Waals surface area (Å²) in [6.45, 7) is 3.58. The highest BCUT2D eigenvalue weighted by atomic mass is 32.2. The molecule has 148 valence electrons. The minimum Gasteiger partial charge on any atom is -0.330 e. The van der Waals surface area contributed by atoms with Gasteiger partial charge in [-0.3, -0.25) is 0 Å². The Balaban J connectivity index is 1.76. The molecule has 0 aliphatic carbocycles. The van der Waals surface area contributed by atoms with E-state index in [9.17, 15) is 8.42 Å². The van der Waals surface area contributed by atoms with Crippen LogP contribution >= 0.6 is 0 Å². The van der Waals surface area contributed by atoms with Crippen LogP contribution in [-0.4, -0.2) is 27.5 Å². The Morgan fingerprint density at radius 2 is 1.61 bits per heavy atom. The van der Waals surface area contributed by atoms with Crippen molar-refractivity contribution in [2.75, 3.05) is 13.1 Å². The van der Waals surface area contributed by atoms with E-state index in [2.05, 4.69) is 10.0 Å². The standard InChI is InChI=1S/C22H27N3O2S/c1-17-11-12-22(21-10-6-5-9-20(17)21)28(26,27)25-19(13-14-23)16-24-15-18-7-3-2-4-8-18/h2-12,19,24-25H,13-16,23H2,1H3/t19-/m0/s1. The van der Waals surface area contributed by atoms with E-state index < -0.39 is 10.0 Å². The molecule has 28 heavy (non-hydrogen) atoms. The molecule has 0 aromatic heterocycles. The molecule has 0 radical (unpaired) electrons. The molecule has 6 heteroatoms. The van der Waals surface area contributed by atoms with Gasteiger partial charge in [0.15, 0.2) is 0 Å². The fraction of sp³-hybridized carbons (Fsp3) is 0.273. The van der Waals surface area contributed by atoms with Gasteiger partial charge in [0, 0.05) is 24.5 Å². The van der Waals surface area contributed by atoms with Crippen molar-refractivity contribution in [2.45, 2.75) is 30.8 Å². The van der Waals surface area contributed by atoms with Gasteiger partial charge in [0.1, 0.15) is 0 Å². The highest BCUT2D eigenvalue weighted by Gasteiger charge is 2.22. The van der Waals surface area contributed by atoms with Crippen LogP contribution in [0.15, 0.2) is 71.6 Å². The number of nitrogens with two attached hydrogens (primary N) is 1. The molecule has 0 saturated heterocycles. The van der Waals surface area contributed by atoms with E-state index in [0.717, 1.165) is 21.9 Å². The molecule has 0 fully saturated rings. The van der Waals surface area contributed by atoms with E-state index in [1.807, 2.05) is 67.6 Å². The Hall–Kier alpha value is -2.25. The fourth-order valence-corrected chi connectivity index (χ4v) is 4.81. The van der Waals surface area contributed by atoms with Gasteiger partial charge in [0.25, 0.3) is 0 Å². The number of aryl methyl sites for hydroxylation is 1. The normalized spacial score (nSPS) is 12.9. The molecule has 5 nitrogen and oxygen atoms in total. The van der Waals surface area contributed by atoms with E-state index >= 15 is 0 Å². The summed E-state index contributed by atoms with van der Waals surface area (Å²) in [7, 11) is -3.67. The van der Waals surface area contributed by atoms with Crippen LogP contribution in [0, 0.1) is 6.92 Å².